The minimum atomic E-state index is -0.742. The third kappa shape index (κ3) is 2.26. The second-order valence-corrected chi connectivity index (χ2v) is 8.12. The van der Waals surface area contributed by atoms with E-state index in [4.69, 9.17) is 4.98 Å². The predicted molar refractivity (Wildman–Crippen MR) is 97.0 cm³/mol. The molecule has 1 aliphatic heterocycles. The number of amides is 1. The maximum absolute atomic E-state index is 13.4. The Labute approximate surface area is 152 Å². The number of aliphatic carboxylic acids is 1. The largest absolute Gasteiger partial charge is 0.481 e. The molecule has 2 aromatic rings. The molecule has 3 aliphatic rings. The van der Waals surface area contributed by atoms with Gasteiger partial charge in [-0.05, 0) is 43.7 Å². The number of carbonyl (C=O) groups excluding carboxylic acids is 1. The molecule has 3 fully saturated rings. The van der Waals surface area contributed by atoms with Crippen LogP contribution < -0.4 is 0 Å². The number of rotatable bonds is 3. The Morgan fingerprint density at radius 2 is 2.00 bits per heavy atom. The first-order valence-electron chi connectivity index (χ1n) is 9.51. The number of aromatic nitrogens is 1. The first kappa shape index (κ1) is 15.8. The predicted octanol–water partition coefficient (Wildman–Crippen LogP) is 3.44. The number of pyridine rings is 1. The molecule has 26 heavy (non-hydrogen) atoms. The lowest BCUT2D eigenvalue weighted by Gasteiger charge is -2.23. The summed E-state index contributed by atoms with van der Waals surface area (Å²) in [5, 5.41) is 10.7. The molecule has 0 radical (unpaired) electrons. The number of nitrogens with zero attached hydrogens (tertiary/aromatic N) is 2. The summed E-state index contributed by atoms with van der Waals surface area (Å²) in [6.07, 6.45) is 4.80. The Kier molecular flexibility index (Phi) is 3.36. The number of benzene rings is 1. The van der Waals surface area contributed by atoms with Crippen LogP contribution in [0.25, 0.3) is 10.9 Å². The van der Waals surface area contributed by atoms with Crippen molar-refractivity contribution in [1.29, 1.82) is 0 Å². The summed E-state index contributed by atoms with van der Waals surface area (Å²) in [7, 11) is 0. The standard InChI is InChI=1S/C21H22N2O3/c24-19(23-11-14-4-3-9-21(14,12-23)20(25)26)16-10-18(13-7-8-13)22-17-6-2-1-5-15(16)17/h1-2,5-6,10,13-14H,3-4,7-9,11-12H2,(H,25,26)/t14-,21+/m0/s1. The van der Waals surface area contributed by atoms with Crippen molar-refractivity contribution in [3.05, 3.63) is 41.6 Å². The highest BCUT2D eigenvalue weighted by Gasteiger charge is 2.55. The summed E-state index contributed by atoms with van der Waals surface area (Å²) in [5.74, 6) is -0.233. The minimum absolute atomic E-state index is 0.0412. The molecule has 2 heterocycles. The van der Waals surface area contributed by atoms with Crippen LogP contribution in [0.4, 0.5) is 0 Å². The molecule has 2 aliphatic carbocycles. The van der Waals surface area contributed by atoms with Gasteiger partial charge in [-0.3, -0.25) is 14.6 Å². The van der Waals surface area contributed by atoms with E-state index in [0.717, 1.165) is 42.3 Å². The summed E-state index contributed by atoms with van der Waals surface area (Å²) in [6.45, 7) is 0.891. The third-order valence-electron chi connectivity index (χ3n) is 6.55. The average Bonchev–Trinajstić information content (AvgIpc) is 3.30. The van der Waals surface area contributed by atoms with Crippen LogP contribution in [0.15, 0.2) is 30.3 Å². The number of likely N-dealkylation sites (tertiary alicyclic amines) is 1. The fourth-order valence-corrected chi connectivity index (χ4v) is 4.92. The second kappa shape index (κ2) is 5.53. The lowest BCUT2D eigenvalue weighted by molar-refractivity contribution is -0.149. The molecule has 2 atom stereocenters. The van der Waals surface area contributed by atoms with Crippen molar-refractivity contribution in [2.45, 2.75) is 38.0 Å². The van der Waals surface area contributed by atoms with Gasteiger partial charge >= 0.3 is 5.97 Å². The Hall–Kier alpha value is -2.43. The highest BCUT2D eigenvalue weighted by molar-refractivity contribution is 6.06. The topological polar surface area (TPSA) is 70.5 Å². The fourth-order valence-electron chi connectivity index (χ4n) is 4.92. The number of carbonyl (C=O) groups is 2. The van der Waals surface area contributed by atoms with Gasteiger partial charge in [0, 0.05) is 30.1 Å². The molecule has 0 spiro atoms. The molecular weight excluding hydrogens is 328 g/mol. The van der Waals surface area contributed by atoms with E-state index < -0.39 is 11.4 Å². The molecule has 134 valence electrons. The van der Waals surface area contributed by atoms with Crippen LogP contribution >= 0.6 is 0 Å². The van der Waals surface area contributed by atoms with E-state index in [1.54, 1.807) is 4.90 Å². The van der Waals surface area contributed by atoms with Gasteiger partial charge in [-0.25, -0.2) is 0 Å². The van der Waals surface area contributed by atoms with Gasteiger partial charge in [-0.15, -0.1) is 0 Å². The van der Waals surface area contributed by atoms with E-state index in [1.165, 1.54) is 0 Å². The van der Waals surface area contributed by atoms with Crippen molar-refractivity contribution < 1.29 is 14.7 Å². The molecule has 5 rings (SSSR count). The van der Waals surface area contributed by atoms with Crippen LogP contribution in [0.1, 0.15) is 54.1 Å². The zero-order valence-corrected chi connectivity index (χ0v) is 14.6. The first-order valence-corrected chi connectivity index (χ1v) is 9.51. The smallest absolute Gasteiger partial charge is 0.311 e. The number of carboxylic acid groups (broad SMARTS) is 1. The molecule has 1 aromatic heterocycles. The fraction of sp³-hybridized carbons (Fsp3) is 0.476. The van der Waals surface area contributed by atoms with Crippen molar-refractivity contribution >= 4 is 22.8 Å². The summed E-state index contributed by atoms with van der Waals surface area (Å²) in [4.78, 5) is 31.8. The van der Waals surface area contributed by atoms with Crippen LogP contribution in [0.3, 0.4) is 0 Å². The highest BCUT2D eigenvalue weighted by atomic mass is 16.4. The van der Waals surface area contributed by atoms with E-state index in [2.05, 4.69) is 0 Å². The average molecular weight is 350 g/mol. The molecule has 0 unspecified atom stereocenters. The van der Waals surface area contributed by atoms with Gasteiger partial charge in [0.15, 0.2) is 0 Å². The summed E-state index contributed by atoms with van der Waals surface area (Å²) >= 11 is 0. The van der Waals surface area contributed by atoms with Crippen LogP contribution in [0, 0.1) is 11.3 Å². The summed E-state index contributed by atoms with van der Waals surface area (Å²) < 4.78 is 0. The van der Waals surface area contributed by atoms with E-state index in [9.17, 15) is 14.7 Å². The number of para-hydroxylation sites is 1. The van der Waals surface area contributed by atoms with Crippen molar-refractivity contribution in [3.63, 3.8) is 0 Å². The molecular formula is C21H22N2O3. The van der Waals surface area contributed by atoms with Crippen molar-refractivity contribution in [2.24, 2.45) is 11.3 Å². The summed E-state index contributed by atoms with van der Waals surface area (Å²) in [6, 6.07) is 9.71. The number of hydrogen-bond acceptors (Lipinski definition) is 3. The van der Waals surface area contributed by atoms with E-state index in [0.29, 0.717) is 31.0 Å². The van der Waals surface area contributed by atoms with E-state index in [1.807, 2.05) is 30.3 Å². The first-order chi connectivity index (χ1) is 12.6. The highest BCUT2D eigenvalue weighted by Crippen LogP contribution is 2.49. The van der Waals surface area contributed by atoms with Crippen molar-refractivity contribution in [3.8, 4) is 0 Å². The van der Waals surface area contributed by atoms with Gasteiger partial charge in [-0.2, -0.15) is 0 Å². The minimum Gasteiger partial charge on any atom is -0.481 e. The number of fused-ring (bicyclic) bond motifs is 2. The van der Waals surface area contributed by atoms with Crippen LogP contribution in [0.2, 0.25) is 0 Å². The van der Waals surface area contributed by atoms with Crippen LogP contribution in [-0.2, 0) is 4.79 Å². The van der Waals surface area contributed by atoms with Gasteiger partial charge in [0.2, 0.25) is 0 Å². The monoisotopic (exact) mass is 350 g/mol. The van der Waals surface area contributed by atoms with Gasteiger partial charge in [0.1, 0.15) is 0 Å². The van der Waals surface area contributed by atoms with E-state index in [-0.39, 0.29) is 11.8 Å². The molecule has 5 heteroatoms. The molecule has 5 nitrogen and oxygen atoms in total. The Balaban J connectivity index is 1.54. The lowest BCUT2D eigenvalue weighted by Crippen LogP contribution is -2.37. The lowest BCUT2D eigenvalue weighted by atomic mass is 9.81. The van der Waals surface area contributed by atoms with Gasteiger partial charge < -0.3 is 10.0 Å². The maximum atomic E-state index is 13.4. The van der Waals surface area contributed by atoms with Crippen LogP contribution in [-0.4, -0.2) is 40.0 Å². The third-order valence-corrected chi connectivity index (χ3v) is 6.55. The van der Waals surface area contributed by atoms with Crippen molar-refractivity contribution in [1.82, 2.24) is 9.88 Å². The molecule has 1 N–H and O–H groups in total. The van der Waals surface area contributed by atoms with Gasteiger partial charge in [0.25, 0.3) is 5.91 Å². The van der Waals surface area contributed by atoms with Crippen molar-refractivity contribution in [2.75, 3.05) is 13.1 Å². The number of carboxylic acids is 1. The molecule has 0 bridgehead atoms. The molecule has 1 saturated heterocycles. The quantitative estimate of drug-likeness (QED) is 0.920. The normalized spacial score (nSPS) is 27.7. The summed E-state index contributed by atoms with van der Waals surface area (Å²) in [5.41, 5.74) is 1.79. The molecule has 1 amide bonds. The Morgan fingerprint density at radius 3 is 2.73 bits per heavy atom. The van der Waals surface area contributed by atoms with Gasteiger partial charge in [-0.1, -0.05) is 24.6 Å². The second-order valence-electron chi connectivity index (χ2n) is 8.12. The Morgan fingerprint density at radius 1 is 1.19 bits per heavy atom. The van der Waals surface area contributed by atoms with E-state index >= 15 is 0 Å². The Bertz CT molecular complexity index is 921. The molecule has 2 saturated carbocycles. The zero-order valence-electron chi connectivity index (χ0n) is 14.6. The molecule has 1 aromatic carbocycles. The SMILES string of the molecule is O=C(c1cc(C2CC2)nc2ccccc12)N1C[C@@H]2CCC[C@@]2(C(=O)O)C1. The number of hydrogen-bond donors (Lipinski definition) is 1. The van der Waals surface area contributed by atoms with Gasteiger partial charge in [0.05, 0.1) is 16.5 Å². The zero-order chi connectivity index (χ0) is 17.9. The maximum Gasteiger partial charge on any atom is 0.311 e. The van der Waals surface area contributed by atoms with Crippen LogP contribution in [0.5, 0.6) is 0 Å².